The van der Waals surface area contributed by atoms with Crippen LogP contribution < -0.4 is 5.32 Å². The molecule has 2 N–H and O–H groups in total. The predicted molar refractivity (Wildman–Crippen MR) is 83.2 cm³/mol. The van der Waals surface area contributed by atoms with Crippen molar-refractivity contribution in [2.75, 3.05) is 11.9 Å². The number of hydrogen-bond acceptors (Lipinski definition) is 4. The van der Waals surface area contributed by atoms with Gasteiger partial charge in [0.25, 0.3) is 5.91 Å². The van der Waals surface area contributed by atoms with Gasteiger partial charge >= 0.3 is 5.97 Å². The average molecular weight is 301 g/mol. The predicted octanol–water partition coefficient (Wildman–Crippen LogP) is 2.76. The highest BCUT2D eigenvalue weighted by atomic mass is 16.5. The lowest BCUT2D eigenvalue weighted by molar-refractivity contribution is 0.0525. The lowest BCUT2D eigenvalue weighted by atomic mass is 10.1. The smallest absolute Gasteiger partial charge is 0.340 e. The number of carbonyl (C=O) groups excluding carboxylic acids is 2. The normalized spacial score (nSPS) is 10.4. The molecule has 6 nitrogen and oxygen atoms in total. The third-order valence-corrected chi connectivity index (χ3v) is 3.30. The van der Waals surface area contributed by atoms with E-state index in [1.807, 2.05) is 13.0 Å². The summed E-state index contributed by atoms with van der Waals surface area (Å²) < 4.78 is 5.01. The van der Waals surface area contributed by atoms with Gasteiger partial charge in [-0.15, -0.1) is 0 Å². The third-order valence-electron chi connectivity index (χ3n) is 3.30. The van der Waals surface area contributed by atoms with Gasteiger partial charge in [-0.05, 0) is 51.0 Å². The summed E-state index contributed by atoms with van der Waals surface area (Å²) in [6.45, 7) is 7.40. The molecule has 0 aliphatic rings. The standard InChI is InChI=1S/C16H19N3O3/c1-5-22-16(21)13-10(3)14(18-11(13)4)15(20)19-12-8-9(2)6-7-17-12/h6-8,18H,5H2,1-4H3,(H,17,19,20). The number of aromatic amines is 1. The maximum absolute atomic E-state index is 12.4. The van der Waals surface area contributed by atoms with Crippen molar-refractivity contribution >= 4 is 17.7 Å². The molecular weight excluding hydrogens is 282 g/mol. The first-order valence-electron chi connectivity index (χ1n) is 7.04. The number of ether oxygens (including phenoxy) is 1. The highest BCUT2D eigenvalue weighted by Crippen LogP contribution is 2.20. The maximum atomic E-state index is 12.4. The summed E-state index contributed by atoms with van der Waals surface area (Å²) in [5, 5.41) is 2.72. The molecule has 116 valence electrons. The van der Waals surface area contributed by atoms with Crippen LogP contribution in [0.5, 0.6) is 0 Å². The number of rotatable bonds is 4. The van der Waals surface area contributed by atoms with E-state index in [-0.39, 0.29) is 12.5 Å². The molecule has 0 radical (unpaired) electrons. The number of aromatic nitrogens is 2. The summed E-state index contributed by atoms with van der Waals surface area (Å²) in [5.41, 5.74) is 2.92. The van der Waals surface area contributed by atoms with Gasteiger partial charge in [-0.2, -0.15) is 0 Å². The number of pyridine rings is 1. The highest BCUT2D eigenvalue weighted by molar-refractivity contribution is 6.06. The third kappa shape index (κ3) is 3.16. The first-order valence-corrected chi connectivity index (χ1v) is 7.04. The molecule has 2 rings (SSSR count). The van der Waals surface area contributed by atoms with Gasteiger partial charge in [0.1, 0.15) is 11.5 Å². The van der Waals surface area contributed by atoms with Crippen LogP contribution in [0.1, 0.15) is 44.6 Å². The number of anilines is 1. The number of carbonyl (C=O) groups is 2. The van der Waals surface area contributed by atoms with Crippen LogP contribution in [-0.2, 0) is 4.74 Å². The minimum absolute atomic E-state index is 0.289. The fourth-order valence-electron chi connectivity index (χ4n) is 2.27. The number of amides is 1. The zero-order valence-corrected chi connectivity index (χ0v) is 13.1. The van der Waals surface area contributed by atoms with Crippen LogP contribution in [0.2, 0.25) is 0 Å². The second-order valence-corrected chi connectivity index (χ2v) is 5.02. The van der Waals surface area contributed by atoms with Crippen LogP contribution in [0.4, 0.5) is 5.82 Å². The van der Waals surface area contributed by atoms with Gasteiger partial charge < -0.3 is 15.0 Å². The molecule has 0 aliphatic carbocycles. The Bertz CT molecular complexity index is 719. The molecule has 0 saturated carbocycles. The molecule has 22 heavy (non-hydrogen) atoms. The average Bonchev–Trinajstić information content (AvgIpc) is 2.74. The Labute approximate surface area is 128 Å². The van der Waals surface area contributed by atoms with E-state index in [9.17, 15) is 9.59 Å². The minimum Gasteiger partial charge on any atom is -0.462 e. The van der Waals surface area contributed by atoms with E-state index in [1.54, 1.807) is 33.0 Å². The first kappa shape index (κ1) is 15.8. The van der Waals surface area contributed by atoms with Crippen LogP contribution >= 0.6 is 0 Å². The minimum atomic E-state index is -0.429. The summed E-state index contributed by atoms with van der Waals surface area (Å²) >= 11 is 0. The molecule has 0 aromatic carbocycles. The number of esters is 1. The van der Waals surface area contributed by atoms with Gasteiger partial charge in [0.15, 0.2) is 0 Å². The molecule has 0 atom stereocenters. The largest absolute Gasteiger partial charge is 0.462 e. The van der Waals surface area contributed by atoms with Gasteiger partial charge in [0, 0.05) is 11.9 Å². The Morgan fingerprint density at radius 1 is 1.32 bits per heavy atom. The lowest BCUT2D eigenvalue weighted by Gasteiger charge is -2.05. The van der Waals surface area contributed by atoms with Crippen LogP contribution in [0.15, 0.2) is 18.3 Å². The lowest BCUT2D eigenvalue weighted by Crippen LogP contribution is -2.15. The Morgan fingerprint density at radius 2 is 2.05 bits per heavy atom. The summed E-state index contributed by atoms with van der Waals surface area (Å²) in [5.74, 6) is -0.301. The van der Waals surface area contributed by atoms with E-state index >= 15 is 0 Å². The fourth-order valence-corrected chi connectivity index (χ4v) is 2.27. The van der Waals surface area contributed by atoms with Crippen molar-refractivity contribution in [2.45, 2.75) is 27.7 Å². The number of aryl methyl sites for hydroxylation is 2. The molecule has 0 unspecified atom stereocenters. The van der Waals surface area contributed by atoms with E-state index < -0.39 is 5.97 Å². The van der Waals surface area contributed by atoms with Crippen molar-refractivity contribution in [1.82, 2.24) is 9.97 Å². The Balaban J connectivity index is 2.27. The second-order valence-electron chi connectivity index (χ2n) is 5.02. The molecule has 0 fully saturated rings. The zero-order chi connectivity index (χ0) is 16.3. The highest BCUT2D eigenvalue weighted by Gasteiger charge is 2.23. The van der Waals surface area contributed by atoms with Gasteiger partial charge in [0.2, 0.25) is 0 Å². The topological polar surface area (TPSA) is 84.1 Å². The molecule has 6 heteroatoms. The zero-order valence-electron chi connectivity index (χ0n) is 13.1. The molecule has 0 aliphatic heterocycles. The number of hydrogen-bond donors (Lipinski definition) is 2. The monoisotopic (exact) mass is 301 g/mol. The van der Waals surface area contributed by atoms with Crippen molar-refractivity contribution in [3.63, 3.8) is 0 Å². The number of nitrogens with one attached hydrogen (secondary N) is 2. The van der Waals surface area contributed by atoms with E-state index in [4.69, 9.17) is 4.74 Å². The van der Waals surface area contributed by atoms with E-state index in [0.29, 0.717) is 28.3 Å². The molecule has 0 saturated heterocycles. The van der Waals surface area contributed by atoms with E-state index in [1.165, 1.54) is 0 Å². The molecule has 0 bridgehead atoms. The number of nitrogens with zero attached hydrogens (tertiary/aromatic N) is 1. The van der Waals surface area contributed by atoms with Crippen molar-refractivity contribution in [3.8, 4) is 0 Å². The quantitative estimate of drug-likeness (QED) is 0.850. The van der Waals surface area contributed by atoms with Gasteiger partial charge in [0.05, 0.1) is 12.2 Å². The molecule has 2 heterocycles. The van der Waals surface area contributed by atoms with Crippen molar-refractivity contribution < 1.29 is 14.3 Å². The SMILES string of the molecule is CCOC(=O)c1c(C)[nH]c(C(=O)Nc2cc(C)ccn2)c1C. The van der Waals surface area contributed by atoms with Crippen LogP contribution in [0, 0.1) is 20.8 Å². The van der Waals surface area contributed by atoms with Crippen molar-refractivity contribution in [1.29, 1.82) is 0 Å². The second kappa shape index (κ2) is 6.43. The van der Waals surface area contributed by atoms with Gasteiger partial charge in [-0.25, -0.2) is 9.78 Å². The molecule has 1 amide bonds. The van der Waals surface area contributed by atoms with Crippen molar-refractivity contribution in [2.24, 2.45) is 0 Å². The van der Waals surface area contributed by atoms with E-state index in [0.717, 1.165) is 5.56 Å². The van der Waals surface area contributed by atoms with Gasteiger partial charge in [-0.3, -0.25) is 4.79 Å². The summed E-state index contributed by atoms with van der Waals surface area (Å²) in [6.07, 6.45) is 1.63. The van der Waals surface area contributed by atoms with Gasteiger partial charge in [-0.1, -0.05) is 0 Å². The fraction of sp³-hybridized carbons (Fsp3) is 0.312. The maximum Gasteiger partial charge on any atom is 0.340 e. The molecule has 2 aromatic heterocycles. The van der Waals surface area contributed by atoms with Crippen LogP contribution in [0.25, 0.3) is 0 Å². The number of H-pyrrole nitrogens is 1. The van der Waals surface area contributed by atoms with E-state index in [2.05, 4.69) is 15.3 Å². The van der Waals surface area contributed by atoms with Crippen molar-refractivity contribution in [3.05, 3.63) is 46.4 Å². The van der Waals surface area contributed by atoms with Crippen LogP contribution in [-0.4, -0.2) is 28.5 Å². The molecular formula is C16H19N3O3. The summed E-state index contributed by atoms with van der Waals surface area (Å²) in [4.78, 5) is 31.3. The molecule has 0 spiro atoms. The van der Waals surface area contributed by atoms with Crippen LogP contribution in [0.3, 0.4) is 0 Å². The Kier molecular flexibility index (Phi) is 4.60. The summed E-state index contributed by atoms with van der Waals surface area (Å²) in [6, 6.07) is 3.62. The Hall–Kier alpha value is -2.63. The summed E-state index contributed by atoms with van der Waals surface area (Å²) in [7, 11) is 0. The Morgan fingerprint density at radius 3 is 2.68 bits per heavy atom. The first-order chi connectivity index (χ1) is 10.4. The molecule has 2 aromatic rings.